The Morgan fingerprint density at radius 3 is 2.71 bits per heavy atom. The van der Waals surface area contributed by atoms with Crippen molar-refractivity contribution in [3.8, 4) is 0 Å². The first kappa shape index (κ1) is 20.5. The second kappa shape index (κ2) is 8.19. The number of ether oxygens (including phenoxy) is 1. The molecule has 1 aromatic carbocycles. The number of amides is 1. The number of fused-ring (bicyclic) bond motifs is 1. The van der Waals surface area contributed by atoms with Crippen molar-refractivity contribution < 1.29 is 27.3 Å². The molecule has 0 bridgehead atoms. The summed E-state index contributed by atoms with van der Waals surface area (Å²) in [7, 11) is -3.50. The van der Waals surface area contributed by atoms with E-state index < -0.39 is 28.0 Å². The molecular formula is C20H18N4O6S. The summed E-state index contributed by atoms with van der Waals surface area (Å²) < 4.78 is 37.4. The van der Waals surface area contributed by atoms with Crippen molar-refractivity contribution in [1.82, 2.24) is 10.1 Å². The van der Waals surface area contributed by atoms with Crippen LogP contribution >= 0.6 is 0 Å². The summed E-state index contributed by atoms with van der Waals surface area (Å²) in [5.74, 6) is -0.561. The van der Waals surface area contributed by atoms with Gasteiger partial charge in [-0.05, 0) is 19.1 Å². The van der Waals surface area contributed by atoms with Gasteiger partial charge in [-0.3, -0.25) is 4.79 Å². The fraction of sp³-hybridized carbons (Fsp3) is 0.200. The zero-order valence-electron chi connectivity index (χ0n) is 16.4. The van der Waals surface area contributed by atoms with E-state index >= 15 is 0 Å². The SMILES string of the molecule is Cc1cc(NC(=O)[C@@H](OC(=O)C2=CN3CCS(=O)(=O)N=C3C=C2)c2ccccc2)no1. The van der Waals surface area contributed by atoms with Crippen molar-refractivity contribution in [3.63, 3.8) is 0 Å². The van der Waals surface area contributed by atoms with Crippen molar-refractivity contribution in [3.05, 3.63) is 71.6 Å². The molecule has 2 aromatic rings. The number of hydrogen-bond acceptors (Lipinski definition) is 8. The number of benzene rings is 1. The molecule has 0 unspecified atom stereocenters. The van der Waals surface area contributed by atoms with Crippen LogP contribution in [0.4, 0.5) is 5.82 Å². The maximum Gasteiger partial charge on any atom is 0.340 e. The normalized spacial score (nSPS) is 17.8. The lowest BCUT2D eigenvalue weighted by atomic mass is 10.1. The predicted octanol–water partition coefficient (Wildman–Crippen LogP) is 1.70. The summed E-state index contributed by atoms with van der Waals surface area (Å²) in [6.45, 7) is 1.85. The van der Waals surface area contributed by atoms with E-state index in [1.807, 2.05) is 0 Å². The summed E-state index contributed by atoms with van der Waals surface area (Å²) >= 11 is 0. The Bertz CT molecular complexity index is 1210. The van der Waals surface area contributed by atoms with Crippen LogP contribution in [0, 0.1) is 6.92 Å². The molecule has 11 heteroatoms. The largest absolute Gasteiger partial charge is 0.444 e. The molecule has 0 saturated carbocycles. The van der Waals surface area contributed by atoms with E-state index in [1.54, 1.807) is 48.2 Å². The van der Waals surface area contributed by atoms with Gasteiger partial charge >= 0.3 is 5.97 Å². The Labute approximate surface area is 177 Å². The minimum Gasteiger partial charge on any atom is -0.444 e. The Morgan fingerprint density at radius 2 is 2.00 bits per heavy atom. The second-order valence-corrected chi connectivity index (χ2v) is 8.61. The van der Waals surface area contributed by atoms with Gasteiger partial charge in [-0.15, -0.1) is 4.40 Å². The first-order valence-electron chi connectivity index (χ1n) is 9.30. The number of carbonyl (C=O) groups is 2. The number of carbonyl (C=O) groups excluding carboxylic acids is 2. The number of sulfonamides is 1. The van der Waals surface area contributed by atoms with Crippen LogP contribution in [0.3, 0.4) is 0 Å². The molecule has 3 heterocycles. The first-order valence-corrected chi connectivity index (χ1v) is 10.9. The quantitative estimate of drug-likeness (QED) is 0.693. The number of rotatable bonds is 5. The van der Waals surface area contributed by atoms with Crippen molar-refractivity contribution >= 4 is 33.6 Å². The van der Waals surface area contributed by atoms with Gasteiger partial charge in [-0.25, -0.2) is 13.2 Å². The standard InChI is InChI=1S/C20H18N4O6S/c1-13-11-16(22-30-13)21-19(25)18(14-5-3-2-4-6-14)29-20(26)15-7-8-17-23-31(27,28)10-9-24(17)12-15/h2-8,11-12,18H,9-10H2,1H3,(H,21,22,25)/t18-/m0/s1. The number of esters is 1. The molecule has 2 aliphatic rings. The number of nitrogens with one attached hydrogen (secondary N) is 1. The third-order valence-corrected chi connectivity index (χ3v) is 5.67. The van der Waals surface area contributed by atoms with Crippen LogP contribution in [0.2, 0.25) is 0 Å². The Hall–Kier alpha value is -3.73. The highest BCUT2D eigenvalue weighted by Gasteiger charge is 2.29. The number of aryl methyl sites for hydroxylation is 1. The van der Waals surface area contributed by atoms with Crippen LogP contribution in [0.5, 0.6) is 0 Å². The van der Waals surface area contributed by atoms with Crippen molar-refractivity contribution in [2.24, 2.45) is 4.40 Å². The molecule has 1 atom stereocenters. The number of amidine groups is 1. The summed E-state index contributed by atoms with van der Waals surface area (Å²) in [5, 5.41) is 6.29. The number of nitrogens with zero attached hydrogens (tertiary/aromatic N) is 3. The molecule has 2 aliphatic heterocycles. The van der Waals surface area contributed by atoms with E-state index in [1.165, 1.54) is 18.4 Å². The molecular weight excluding hydrogens is 424 g/mol. The van der Waals surface area contributed by atoms with E-state index in [0.29, 0.717) is 11.3 Å². The molecule has 1 amide bonds. The molecule has 4 rings (SSSR count). The maximum absolute atomic E-state index is 12.8. The van der Waals surface area contributed by atoms with Gasteiger partial charge in [0.25, 0.3) is 15.9 Å². The summed E-state index contributed by atoms with van der Waals surface area (Å²) in [4.78, 5) is 27.2. The predicted molar refractivity (Wildman–Crippen MR) is 110 cm³/mol. The van der Waals surface area contributed by atoms with Gasteiger partial charge in [-0.1, -0.05) is 35.5 Å². The summed E-state index contributed by atoms with van der Waals surface area (Å²) in [6, 6.07) is 10.1. The fourth-order valence-electron chi connectivity index (χ4n) is 3.01. The van der Waals surface area contributed by atoms with Crippen LogP contribution < -0.4 is 5.32 Å². The van der Waals surface area contributed by atoms with Crippen LogP contribution in [0.1, 0.15) is 17.4 Å². The molecule has 31 heavy (non-hydrogen) atoms. The van der Waals surface area contributed by atoms with Crippen molar-refractivity contribution in [1.29, 1.82) is 0 Å². The molecule has 1 N–H and O–H groups in total. The third-order valence-electron chi connectivity index (χ3n) is 4.50. The fourth-order valence-corrected chi connectivity index (χ4v) is 3.98. The number of hydrogen-bond donors (Lipinski definition) is 1. The van der Waals surface area contributed by atoms with Crippen LogP contribution in [-0.2, 0) is 24.3 Å². The molecule has 0 fully saturated rings. The lowest BCUT2D eigenvalue weighted by molar-refractivity contribution is -0.150. The average Bonchev–Trinajstić information content (AvgIpc) is 3.15. The zero-order valence-corrected chi connectivity index (χ0v) is 17.2. The maximum atomic E-state index is 12.8. The van der Waals surface area contributed by atoms with E-state index in [9.17, 15) is 18.0 Å². The van der Waals surface area contributed by atoms with Crippen molar-refractivity contribution in [2.75, 3.05) is 17.6 Å². The van der Waals surface area contributed by atoms with Crippen LogP contribution in [0.15, 0.2) is 69.2 Å². The minimum atomic E-state index is -3.50. The molecule has 0 radical (unpaired) electrons. The van der Waals surface area contributed by atoms with Gasteiger partial charge in [0.15, 0.2) is 5.82 Å². The molecule has 0 saturated heterocycles. The number of aromatic nitrogens is 1. The lowest BCUT2D eigenvalue weighted by Crippen LogP contribution is -2.37. The van der Waals surface area contributed by atoms with E-state index in [0.717, 1.165) is 0 Å². The zero-order chi connectivity index (χ0) is 22.0. The van der Waals surface area contributed by atoms with Crippen molar-refractivity contribution in [2.45, 2.75) is 13.0 Å². The molecule has 0 aliphatic carbocycles. The summed E-state index contributed by atoms with van der Waals surface area (Å²) in [5.41, 5.74) is 0.629. The topological polar surface area (TPSA) is 131 Å². The van der Waals surface area contributed by atoms with Gasteiger partial charge in [-0.2, -0.15) is 0 Å². The van der Waals surface area contributed by atoms with Gasteiger partial charge in [0.1, 0.15) is 11.6 Å². The molecule has 160 valence electrons. The first-order chi connectivity index (χ1) is 14.8. The van der Waals surface area contributed by atoms with E-state index in [4.69, 9.17) is 9.26 Å². The average molecular weight is 442 g/mol. The monoisotopic (exact) mass is 442 g/mol. The van der Waals surface area contributed by atoms with E-state index in [-0.39, 0.29) is 29.5 Å². The molecule has 0 spiro atoms. The Kier molecular flexibility index (Phi) is 5.42. The van der Waals surface area contributed by atoms with Gasteiger partial charge in [0.05, 0.1) is 11.3 Å². The van der Waals surface area contributed by atoms with E-state index in [2.05, 4.69) is 14.9 Å². The van der Waals surface area contributed by atoms with Gasteiger partial charge < -0.3 is 19.5 Å². The molecule has 1 aromatic heterocycles. The number of anilines is 1. The Balaban J connectivity index is 1.54. The van der Waals surface area contributed by atoms with Crippen LogP contribution in [0.25, 0.3) is 0 Å². The highest BCUT2D eigenvalue weighted by atomic mass is 32.2. The highest BCUT2D eigenvalue weighted by Crippen LogP contribution is 2.23. The van der Waals surface area contributed by atoms with Gasteiger partial charge in [0.2, 0.25) is 6.10 Å². The van der Waals surface area contributed by atoms with Gasteiger partial charge in [0, 0.05) is 24.4 Å². The third kappa shape index (κ3) is 4.72. The second-order valence-electron chi connectivity index (χ2n) is 6.85. The molecule has 10 nitrogen and oxygen atoms in total. The Morgan fingerprint density at radius 1 is 1.23 bits per heavy atom. The lowest BCUT2D eigenvalue weighted by Gasteiger charge is -2.27. The smallest absolute Gasteiger partial charge is 0.340 e. The highest BCUT2D eigenvalue weighted by molar-refractivity contribution is 7.90. The summed E-state index contributed by atoms with van der Waals surface area (Å²) in [6.07, 6.45) is 3.04. The minimum absolute atomic E-state index is 0.157. The van der Waals surface area contributed by atoms with Crippen LogP contribution in [-0.4, -0.2) is 48.5 Å².